The maximum Gasteiger partial charge on any atom is 0.313 e. The highest BCUT2D eigenvalue weighted by atomic mass is 35.5. The van der Waals surface area contributed by atoms with Gasteiger partial charge < -0.3 is 10.5 Å². The van der Waals surface area contributed by atoms with Gasteiger partial charge in [0.2, 0.25) is 0 Å². The van der Waals surface area contributed by atoms with Gasteiger partial charge in [0.25, 0.3) is 0 Å². The lowest BCUT2D eigenvalue weighted by atomic mass is 9.96. The molecule has 3 nitrogen and oxygen atoms in total. The van der Waals surface area contributed by atoms with Crippen LogP contribution in [0.3, 0.4) is 0 Å². The highest BCUT2D eigenvalue weighted by molar-refractivity contribution is 5.85. The van der Waals surface area contributed by atoms with Crippen molar-refractivity contribution in [3.05, 3.63) is 35.9 Å². The molecule has 1 aromatic carbocycles. The lowest BCUT2D eigenvalue weighted by Crippen LogP contribution is -2.18. The number of carbonyl (C=O) groups is 1. The molecule has 2 rings (SSSR count). The first-order valence-electron chi connectivity index (χ1n) is 4.76. The lowest BCUT2D eigenvalue weighted by Gasteiger charge is -2.04. The molecule has 1 aliphatic rings. The Hall–Kier alpha value is -1.06. The Labute approximate surface area is 95.0 Å². The fourth-order valence-corrected chi connectivity index (χ4v) is 1.76. The number of benzene rings is 1. The van der Waals surface area contributed by atoms with Crippen LogP contribution >= 0.6 is 12.4 Å². The van der Waals surface area contributed by atoms with Crippen molar-refractivity contribution in [2.24, 2.45) is 5.73 Å². The first kappa shape index (κ1) is 12.0. The van der Waals surface area contributed by atoms with Crippen LogP contribution in [0.15, 0.2) is 30.3 Å². The van der Waals surface area contributed by atoms with Crippen LogP contribution in [0.2, 0.25) is 0 Å². The Kier molecular flexibility index (Phi) is 4.12. The van der Waals surface area contributed by atoms with Crippen LogP contribution in [-0.2, 0) is 9.53 Å². The molecule has 0 amide bonds. The third-order valence-corrected chi connectivity index (χ3v) is 2.53. The Bertz CT molecular complexity index is 329. The zero-order valence-corrected chi connectivity index (χ0v) is 9.07. The van der Waals surface area contributed by atoms with Crippen molar-refractivity contribution in [1.29, 1.82) is 0 Å². The minimum absolute atomic E-state index is 0. The minimum atomic E-state index is -0.147. The summed E-state index contributed by atoms with van der Waals surface area (Å²) in [5, 5.41) is 0. The molecule has 2 N–H and O–H groups in total. The fourth-order valence-electron chi connectivity index (χ4n) is 1.76. The van der Waals surface area contributed by atoms with Gasteiger partial charge >= 0.3 is 5.97 Å². The number of hydrogen-bond donors (Lipinski definition) is 1. The van der Waals surface area contributed by atoms with Gasteiger partial charge in [-0.05, 0) is 5.56 Å². The van der Waals surface area contributed by atoms with Gasteiger partial charge in [0.1, 0.15) is 6.10 Å². The van der Waals surface area contributed by atoms with Crippen LogP contribution in [-0.4, -0.2) is 18.6 Å². The van der Waals surface area contributed by atoms with Gasteiger partial charge in [0.05, 0.1) is 5.92 Å². The topological polar surface area (TPSA) is 52.3 Å². The number of esters is 1. The van der Waals surface area contributed by atoms with E-state index in [0.29, 0.717) is 13.0 Å². The third kappa shape index (κ3) is 2.49. The van der Waals surface area contributed by atoms with Gasteiger partial charge in [-0.3, -0.25) is 4.79 Å². The van der Waals surface area contributed by atoms with E-state index in [-0.39, 0.29) is 30.4 Å². The molecule has 0 aromatic heterocycles. The standard InChI is InChI=1S/C11H13NO2.ClH/c12-7-9-6-10(11(13)14-9)8-4-2-1-3-5-8;/h1-5,9-10H,6-7,12H2;1H/t9-,10-;/m0./s1. The van der Waals surface area contributed by atoms with E-state index in [2.05, 4.69) is 0 Å². The van der Waals surface area contributed by atoms with E-state index in [1.54, 1.807) is 0 Å². The average molecular weight is 228 g/mol. The SMILES string of the molecule is Cl.NC[C@@H]1C[C@@H](c2ccccc2)C(=O)O1. The number of halogens is 1. The predicted molar refractivity (Wildman–Crippen MR) is 60.0 cm³/mol. The Balaban J connectivity index is 0.00000112. The molecule has 0 aliphatic carbocycles. The van der Waals surface area contributed by atoms with Crippen LogP contribution in [0.25, 0.3) is 0 Å². The molecule has 82 valence electrons. The molecule has 0 spiro atoms. The van der Waals surface area contributed by atoms with Gasteiger partial charge in [-0.2, -0.15) is 0 Å². The van der Waals surface area contributed by atoms with E-state index >= 15 is 0 Å². The Morgan fingerprint density at radius 2 is 2.00 bits per heavy atom. The molecular formula is C11H14ClNO2. The van der Waals surface area contributed by atoms with E-state index in [1.807, 2.05) is 30.3 Å². The number of carbonyl (C=O) groups excluding carboxylic acids is 1. The Morgan fingerprint density at radius 3 is 2.53 bits per heavy atom. The minimum Gasteiger partial charge on any atom is -0.461 e. The first-order chi connectivity index (χ1) is 6.81. The zero-order valence-electron chi connectivity index (χ0n) is 8.26. The summed E-state index contributed by atoms with van der Waals surface area (Å²) < 4.78 is 5.11. The largest absolute Gasteiger partial charge is 0.461 e. The van der Waals surface area contributed by atoms with Crippen molar-refractivity contribution in [2.45, 2.75) is 18.4 Å². The van der Waals surface area contributed by atoms with Crippen molar-refractivity contribution in [2.75, 3.05) is 6.54 Å². The fraction of sp³-hybridized carbons (Fsp3) is 0.364. The monoisotopic (exact) mass is 227 g/mol. The van der Waals surface area contributed by atoms with E-state index in [9.17, 15) is 4.79 Å². The highest BCUT2D eigenvalue weighted by Crippen LogP contribution is 2.29. The molecular weight excluding hydrogens is 214 g/mol. The van der Waals surface area contributed by atoms with Crippen LogP contribution < -0.4 is 5.73 Å². The van der Waals surface area contributed by atoms with E-state index < -0.39 is 0 Å². The smallest absolute Gasteiger partial charge is 0.313 e. The van der Waals surface area contributed by atoms with Crippen molar-refractivity contribution in [1.82, 2.24) is 0 Å². The van der Waals surface area contributed by atoms with E-state index in [1.165, 1.54) is 0 Å². The van der Waals surface area contributed by atoms with Crippen LogP contribution in [0.4, 0.5) is 0 Å². The van der Waals surface area contributed by atoms with Gasteiger partial charge in [0, 0.05) is 13.0 Å². The van der Waals surface area contributed by atoms with Crippen molar-refractivity contribution < 1.29 is 9.53 Å². The molecule has 15 heavy (non-hydrogen) atoms. The van der Waals surface area contributed by atoms with Crippen LogP contribution in [0, 0.1) is 0 Å². The molecule has 1 aromatic rings. The zero-order chi connectivity index (χ0) is 9.97. The van der Waals surface area contributed by atoms with E-state index in [4.69, 9.17) is 10.5 Å². The van der Waals surface area contributed by atoms with Gasteiger partial charge in [-0.25, -0.2) is 0 Å². The number of cyclic esters (lactones) is 1. The summed E-state index contributed by atoms with van der Waals surface area (Å²) >= 11 is 0. The first-order valence-corrected chi connectivity index (χ1v) is 4.76. The van der Waals surface area contributed by atoms with Crippen molar-refractivity contribution in [3.63, 3.8) is 0 Å². The average Bonchev–Trinajstić information content (AvgIpc) is 2.61. The van der Waals surface area contributed by atoms with Crippen LogP contribution in [0.5, 0.6) is 0 Å². The summed E-state index contributed by atoms with van der Waals surface area (Å²) in [4.78, 5) is 11.5. The van der Waals surface area contributed by atoms with Gasteiger partial charge in [-0.15, -0.1) is 12.4 Å². The molecule has 1 heterocycles. The Morgan fingerprint density at radius 1 is 1.33 bits per heavy atom. The van der Waals surface area contributed by atoms with Crippen molar-refractivity contribution in [3.8, 4) is 0 Å². The lowest BCUT2D eigenvalue weighted by molar-refractivity contribution is -0.142. The summed E-state index contributed by atoms with van der Waals surface area (Å²) in [5.74, 6) is -0.267. The molecule has 1 fully saturated rings. The number of ether oxygens (including phenoxy) is 1. The summed E-state index contributed by atoms with van der Waals surface area (Å²) in [6, 6.07) is 9.69. The third-order valence-electron chi connectivity index (χ3n) is 2.53. The number of hydrogen-bond acceptors (Lipinski definition) is 3. The molecule has 1 saturated heterocycles. The van der Waals surface area contributed by atoms with Crippen LogP contribution in [0.1, 0.15) is 17.9 Å². The molecule has 4 heteroatoms. The highest BCUT2D eigenvalue weighted by Gasteiger charge is 2.34. The molecule has 0 saturated carbocycles. The van der Waals surface area contributed by atoms with Crippen molar-refractivity contribution >= 4 is 18.4 Å². The second-order valence-corrected chi connectivity index (χ2v) is 3.49. The maximum atomic E-state index is 11.5. The molecule has 1 aliphatic heterocycles. The van der Waals surface area contributed by atoms with Gasteiger partial charge in [-0.1, -0.05) is 30.3 Å². The normalized spacial score (nSPS) is 24.5. The predicted octanol–water partition coefficient (Wildman–Crippen LogP) is 1.47. The number of rotatable bonds is 2. The number of nitrogens with two attached hydrogens (primary N) is 1. The molecule has 2 atom stereocenters. The molecule has 0 bridgehead atoms. The summed E-state index contributed by atoms with van der Waals surface area (Å²) in [7, 11) is 0. The van der Waals surface area contributed by atoms with Gasteiger partial charge in [0.15, 0.2) is 0 Å². The molecule has 0 radical (unpaired) electrons. The molecule has 0 unspecified atom stereocenters. The second-order valence-electron chi connectivity index (χ2n) is 3.49. The van der Waals surface area contributed by atoms with E-state index in [0.717, 1.165) is 5.56 Å². The second kappa shape index (κ2) is 5.14. The quantitative estimate of drug-likeness (QED) is 0.779. The summed E-state index contributed by atoms with van der Waals surface area (Å²) in [5.41, 5.74) is 6.48. The summed E-state index contributed by atoms with van der Waals surface area (Å²) in [6.07, 6.45) is 0.604. The maximum absolute atomic E-state index is 11.5. The summed E-state index contributed by atoms with van der Waals surface area (Å²) in [6.45, 7) is 0.412.